The molecular weight excluding hydrogens is 288 g/mol. The van der Waals surface area contributed by atoms with Gasteiger partial charge in [-0.25, -0.2) is 4.98 Å². The second-order valence-corrected chi connectivity index (χ2v) is 4.97. The molecular formula is C12H12BrClN2. The van der Waals surface area contributed by atoms with E-state index in [0.29, 0.717) is 5.02 Å². The number of aryl methyl sites for hydroxylation is 1. The summed E-state index contributed by atoms with van der Waals surface area (Å²) < 4.78 is 0.974. The average molecular weight is 300 g/mol. The molecule has 0 radical (unpaired) electrons. The SMILES string of the molecule is CCNc1nc2c(Cl)cc(Br)cc2cc1C. The highest BCUT2D eigenvalue weighted by molar-refractivity contribution is 9.10. The number of nitrogens with one attached hydrogen (secondary N) is 1. The molecule has 0 bridgehead atoms. The first kappa shape index (κ1) is 11.7. The van der Waals surface area contributed by atoms with Gasteiger partial charge < -0.3 is 5.32 Å². The van der Waals surface area contributed by atoms with Crippen LogP contribution in [0.25, 0.3) is 10.9 Å². The monoisotopic (exact) mass is 298 g/mol. The molecule has 0 fully saturated rings. The van der Waals surface area contributed by atoms with Gasteiger partial charge in [0.05, 0.1) is 10.5 Å². The van der Waals surface area contributed by atoms with Gasteiger partial charge in [0.15, 0.2) is 0 Å². The molecule has 0 spiro atoms. The molecule has 1 aromatic carbocycles. The van der Waals surface area contributed by atoms with Crippen LogP contribution in [0.1, 0.15) is 12.5 Å². The molecule has 0 aliphatic rings. The number of rotatable bonds is 2. The van der Waals surface area contributed by atoms with Gasteiger partial charge >= 0.3 is 0 Å². The van der Waals surface area contributed by atoms with E-state index in [4.69, 9.17) is 11.6 Å². The van der Waals surface area contributed by atoms with E-state index < -0.39 is 0 Å². The molecule has 4 heteroatoms. The molecule has 1 N–H and O–H groups in total. The fraction of sp³-hybridized carbons (Fsp3) is 0.250. The van der Waals surface area contributed by atoms with Crippen LogP contribution in [0.15, 0.2) is 22.7 Å². The zero-order chi connectivity index (χ0) is 11.7. The van der Waals surface area contributed by atoms with Crippen LogP contribution in [0.4, 0.5) is 5.82 Å². The molecule has 1 aromatic heterocycles. The fourth-order valence-corrected chi connectivity index (χ4v) is 2.54. The number of halogens is 2. The Kier molecular flexibility index (Phi) is 3.36. The number of benzene rings is 1. The third kappa shape index (κ3) is 2.15. The molecule has 2 aromatic rings. The molecule has 0 aliphatic heterocycles. The van der Waals surface area contributed by atoms with Gasteiger partial charge in [-0.1, -0.05) is 27.5 Å². The van der Waals surface area contributed by atoms with E-state index in [1.807, 2.05) is 19.1 Å². The number of hydrogen-bond acceptors (Lipinski definition) is 2. The quantitative estimate of drug-likeness (QED) is 0.889. The highest BCUT2D eigenvalue weighted by Crippen LogP contribution is 2.29. The summed E-state index contributed by atoms with van der Waals surface area (Å²) in [5, 5.41) is 4.95. The lowest BCUT2D eigenvalue weighted by atomic mass is 10.1. The fourth-order valence-electron chi connectivity index (χ4n) is 1.66. The zero-order valence-corrected chi connectivity index (χ0v) is 11.5. The second-order valence-electron chi connectivity index (χ2n) is 3.64. The van der Waals surface area contributed by atoms with Gasteiger partial charge in [-0.3, -0.25) is 0 Å². The zero-order valence-electron chi connectivity index (χ0n) is 9.14. The van der Waals surface area contributed by atoms with E-state index in [-0.39, 0.29) is 0 Å². The van der Waals surface area contributed by atoms with E-state index in [1.54, 1.807) is 0 Å². The molecule has 0 amide bonds. The van der Waals surface area contributed by atoms with Crippen molar-refractivity contribution in [3.8, 4) is 0 Å². The number of anilines is 1. The van der Waals surface area contributed by atoms with Gasteiger partial charge in [0.25, 0.3) is 0 Å². The molecule has 2 rings (SSSR count). The lowest BCUT2D eigenvalue weighted by Gasteiger charge is -2.09. The Morgan fingerprint density at radius 3 is 2.81 bits per heavy atom. The van der Waals surface area contributed by atoms with Crippen LogP contribution in [-0.4, -0.2) is 11.5 Å². The van der Waals surface area contributed by atoms with Crippen molar-refractivity contribution in [1.82, 2.24) is 4.98 Å². The Hall–Kier alpha value is -0.800. The average Bonchev–Trinajstić information content (AvgIpc) is 2.20. The summed E-state index contributed by atoms with van der Waals surface area (Å²) in [6.45, 7) is 4.95. The summed E-state index contributed by atoms with van der Waals surface area (Å²) in [4.78, 5) is 4.54. The van der Waals surface area contributed by atoms with Gasteiger partial charge in [0.2, 0.25) is 0 Å². The topological polar surface area (TPSA) is 24.9 Å². The Morgan fingerprint density at radius 2 is 2.12 bits per heavy atom. The smallest absolute Gasteiger partial charge is 0.129 e. The van der Waals surface area contributed by atoms with Crippen molar-refractivity contribution >= 4 is 44.3 Å². The minimum atomic E-state index is 0.670. The number of hydrogen-bond donors (Lipinski definition) is 1. The molecule has 84 valence electrons. The van der Waals surface area contributed by atoms with Gasteiger partial charge in [0.1, 0.15) is 5.82 Å². The Morgan fingerprint density at radius 1 is 1.38 bits per heavy atom. The lowest BCUT2D eigenvalue weighted by molar-refractivity contribution is 1.16. The van der Waals surface area contributed by atoms with Crippen LogP contribution in [0, 0.1) is 6.92 Å². The Labute approximate surface area is 108 Å². The highest BCUT2D eigenvalue weighted by Gasteiger charge is 2.06. The van der Waals surface area contributed by atoms with Crippen LogP contribution in [-0.2, 0) is 0 Å². The summed E-state index contributed by atoms with van der Waals surface area (Å²) in [5.41, 5.74) is 1.97. The van der Waals surface area contributed by atoms with Gasteiger partial charge in [-0.15, -0.1) is 0 Å². The minimum Gasteiger partial charge on any atom is -0.370 e. The van der Waals surface area contributed by atoms with E-state index in [0.717, 1.165) is 33.3 Å². The van der Waals surface area contributed by atoms with Crippen LogP contribution >= 0.6 is 27.5 Å². The van der Waals surface area contributed by atoms with Crippen molar-refractivity contribution in [2.75, 3.05) is 11.9 Å². The normalized spacial score (nSPS) is 10.8. The number of nitrogens with zero attached hydrogens (tertiary/aromatic N) is 1. The third-order valence-electron chi connectivity index (χ3n) is 2.37. The maximum absolute atomic E-state index is 6.17. The van der Waals surface area contributed by atoms with Gasteiger partial charge in [-0.05, 0) is 37.6 Å². The summed E-state index contributed by atoms with van der Waals surface area (Å²) in [6.07, 6.45) is 0. The van der Waals surface area contributed by atoms with E-state index in [2.05, 4.69) is 39.2 Å². The molecule has 0 unspecified atom stereocenters. The van der Waals surface area contributed by atoms with Crippen LogP contribution in [0.3, 0.4) is 0 Å². The second kappa shape index (κ2) is 4.60. The molecule has 0 saturated carbocycles. The van der Waals surface area contributed by atoms with Crippen molar-refractivity contribution in [2.45, 2.75) is 13.8 Å². The van der Waals surface area contributed by atoms with Gasteiger partial charge in [-0.2, -0.15) is 0 Å². The summed E-state index contributed by atoms with van der Waals surface area (Å²) in [5.74, 6) is 0.902. The number of fused-ring (bicyclic) bond motifs is 1. The van der Waals surface area contributed by atoms with Crippen molar-refractivity contribution in [3.05, 3.63) is 33.3 Å². The highest BCUT2D eigenvalue weighted by atomic mass is 79.9. The standard InChI is InChI=1S/C12H12BrClN2/c1-3-15-12-7(2)4-8-5-9(13)6-10(14)11(8)16-12/h4-6H,3H2,1-2H3,(H,15,16). The van der Waals surface area contributed by atoms with Crippen molar-refractivity contribution in [2.24, 2.45) is 0 Å². The largest absolute Gasteiger partial charge is 0.370 e. The molecule has 0 atom stereocenters. The van der Waals surface area contributed by atoms with E-state index >= 15 is 0 Å². The third-order valence-corrected chi connectivity index (χ3v) is 3.12. The van der Waals surface area contributed by atoms with Crippen LogP contribution in [0.2, 0.25) is 5.02 Å². The molecule has 0 saturated heterocycles. The lowest BCUT2D eigenvalue weighted by Crippen LogP contribution is -2.01. The molecule has 1 heterocycles. The number of pyridine rings is 1. The predicted molar refractivity (Wildman–Crippen MR) is 73.4 cm³/mol. The maximum Gasteiger partial charge on any atom is 0.129 e. The van der Waals surface area contributed by atoms with Crippen molar-refractivity contribution < 1.29 is 0 Å². The first-order valence-electron chi connectivity index (χ1n) is 5.12. The minimum absolute atomic E-state index is 0.670. The molecule has 16 heavy (non-hydrogen) atoms. The van der Waals surface area contributed by atoms with Crippen LogP contribution < -0.4 is 5.32 Å². The van der Waals surface area contributed by atoms with Crippen LogP contribution in [0.5, 0.6) is 0 Å². The molecule has 0 aliphatic carbocycles. The van der Waals surface area contributed by atoms with Crippen molar-refractivity contribution in [1.29, 1.82) is 0 Å². The first-order chi connectivity index (χ1) is 7.61. The summed E-state index contributed by atoms with van der Waals surface area (Å²) >= 11 is 9.60. The van der Waals surface area contributed by atoms with E-state index in [1.165, 1.54) is 0 Å². The summed E-state index contributed by atoms with van der Waals surface area (Å²) in [6, 6.07) is 5.98. The first-order valence-corrected chi connectivity index (χ1v) is 6.29. The summed E-state index contributed by atoms with van der Waals surface area (Å²) in [7, 11) is 0. The van der Waals surface area contributed by atoms with Crippen molar-refractivity contribution in [3.63, 3.8) is 0 Å². The van der Waals surface area contributed by atoms with E-state index in [9.17, 15) is 0 Å². The number of aromatic nitrogens is 1. The molecule has 2 nitrogen and oxygen atoms in total. The predicted octanol–water partition coefficient (Wildman–Crippen LogP) is 4.39. The Bertz CT molecular complexity index is 540. The Balaban J connectivity index is 2.69. The maximum atomic E-state index is 6.17. The van der Waals surface area contributed by atoms with Gasteiger partial charge in [0, 0.05) is 16.4 Å².